The van der Waals surface area contributed by atoms with Crippen LogP contribution in [0, 0.1) is 11.6 Å². The van der Waals surface area contributed by atoms with Gasteiger partial charge in [-0.1, -0.05) is 30.3 Å². The van der Waals surface area contributed by atoms with Crippen LogP contribution < -0.4 is 0 Å². The lowest BCUT2D eigenvalue weighted by Gasteiger charge is -2.06. The summed E-state index contributed by atoms with van der Waals surface area (Å²) in [6.07, 6.45) is 3.81. The van der Waals surface area contributed by atoms with Crippen molar-refractivity contribution >= 4 is 6.08 Å². The van der Waals surface area contributed by atoms with Crippen LogP contribution in [0.15, 0.2) is 54.6 Å². The van der Waals surface area contributed by atoms with Crippen molar-refractivity contribution in [3.05, 3.63) is 77.4 Å². The molecule has 1 unspecified atom stereocenters. The number of halogens is 2. The molecule has 0 amide bonds. The molecule has 1 atom stereocenters. The van der Waals surface area contributed by atoms with Crippen molar-refractivity contribution in [2.75, 3.05) is 6.61 Å². The highest BCUT2D eigenvalue weighted by atomic mass is 19.1. The predicted octanol–water partition coefficient (Wildman–Crippen LogP) is 3.90. The van der Waals surface area contributed by atoms with Crippen LogP contribution in [-0.2, 0) is 10.3 Å². The first-order valence-corrected chi connectivity index (χ1v) is 6.03. The van der Waals surface area contributed by atoms with Crippen LogP contribution in [0.1, 0.15) is 11.1 Å². The minimum Gasteiger partial charge on any atom is -0.360 e. The highest BCUT2D eigenvalue weighted by molar-refractivity contribution is 5.52. The van der Waals surface area contributed by atoms with Crippen LogP contribution in [0.5, 0.6) is 0 Å². The van der Waals surface area contributed by atoms with Gasteiger partial charge in [-0.3, -0.25) is 0 Å². The van der Waals surface area contributed by atoms with E-state index >= 15 is 0 Å². The van der Waals surface area contributed by atoms with Gasteiger partial charge in [0.1, 0.15) is 17.2 Å². The monoisotopic (exact) mass is 258 g/mol. The van der Waals surface area contributed by atoms with Gasteiger partial charge >= 0.3 is 0 Å². The number of rotatable bonds is 3. The zero-order valence-corrected chi connectivity index (χ0v) is 10.1. The Bertz CT molecular complexity index is 596. The minimum atomic E-state index is -0.456. The molecule has 0 spiro atoms. The summed E-state index contributed by atoms with van der Waals surface area (Å²) >= 11 is 0. The zero-order valence-electron chi connectivity index (χ0n) is 10.1. The van der Waals surface area contributed by atoms with Gasteiger partial charge in [-0.05, 0) is 41.5 Å². The Hall–Kier alpha value is -2.00. The summed E-state index contributed by atoms with van der Waals surface area (Å²) in [4.78, 5) is 0. The van der Waals surface area contributed by atoms with Crippen molar-refractivity contribution < 1.29 is 13.5 Å². The summed E-state index contributed by atoms with van der Waals surface area (Å²) in [7, 11) is 0. The molecule has 0 aromatic heterocycles. The minimum absolute atomic E-state index is 0.256. The number of hydrogen-bond acceptors (Lipinski definition) is 1. The molecule has 2 aromatic carbocycles. The van der Waals surface area contributed by atoms with Crippen molar-refractivity contribution in [1.82, 2.24) is 0 Å². The summed E-state index contributed by atoms with van der Waals surface area (Å²) in [5.41, 5.74) is 1.37. The Morgan fingerprint density at radius 1 is 0.895 bits per heavy atom. The van der Waals surface area contributed by atoms with Gasteiger partial charge in [0.05, 0.1) is 6.61 Å². The highest BCUT2D eigenvalue weighted by Crippen LogP contribution is 2.40. The molecular formula is C16H12F2O. The molecule has 0 aliphatic carbocycles. The highest BCUT2D eigenvalue weighted by Gasteiger charge is 2.43. The molecule has 0 saturated carbocycles. The first-order valence-electron chi connectivity index (χ1n) is 6.03. The molecule has 0 radical (unpaired) electrons. The molecule has 1 fully saturated rings. The summed E-state index contributed by atoms with van der Waals surface area (Å²) in [6.45, 7) is 0.580. The summed E-state index contributed by atoms with van der Waals surface area (Å²) in [6, 6.07) is 12.5. The Morgan fingerprint density at radius 2 is 1.42 bits per heavy atom. The van der Waals surface area contributed by atoms with Crippen LogP contribution >= 0.6 is 0 Å². The van der Waals surface area contributed by atoms with E-state index in [2.05, 4.69) is 0 Å². The molecule has 1 heterocycles. The Kier molecular flexibility index (Phi) is 2.91. The van der Waals surface area contributed by atoms with Crippen molar-refractivity contribution in [1.29, 1.82) is 0 Å². The van der Waals surface area contributed by atoms with Gasteiger partial charge in [-0.25, -0.2) is 8.78 Å². The van der Waals surface area contributed by atoms with Crippen molar-refractivity contribution in [2.45, 2.75) is 5.60 Å². The Labute approximate surface area is 110 Å². The summed E-state index contributed by atoms with van der Waals surface area (Å²) in [5, 5.41) is 0. The van der Waals surface area contributed by atoms with E-state index in [1.165, 1.54) is 24.3 Å². The average molecular weight is 258 g/mol. The standard InChI is InChI=1S/C16H12F2O/c17-14-5-1-12(2-6-14)9-10-16(11-19-16)13-3-7-15(18)8-4-13/h1-10H,11H2. The lowest BCUT2D eigenvalue weighted by molar-refractivity contribution is 0.358. The van der Waals surface area contributed by atoms with Crippen molar-refractivity contribution in [3.8, 4) is 0 Å². The SMILES string of the molecule is Fc1ccc(C=CC2(c3ccc(F)cc3)CO2)cc1. The molecule has 1 aliphatic heterocycles. The number of benzene rings is 2. The molecule has 19 heavy (non-hydrogen) atoms. The van der Waals surface area contributed by atoms with Gasteiger partial charge in [-0.2, -0.15) is 0 Å². The fraction of sp³-hybridized carbons (Fsp3) is 0.125. The molecule has 96 valence electrons. The van der Waals surface area contributed by atoms with E-state index in [9.17, 15) is 8.78 Å². The second kappa shape index (κ2) is 4.59. The molecule has 0 bridgehead atoms. The maximum absolute atomic E-state index is 12.9. The Balaban J connectivity index is 1.82. The van der Waals surface area contributed by atoms with E-state index < -0.39 is 5.60 Å². The molecule has 3 heteroatoms. The van der Waals surface area contributed by atoms with E-state index in [0.717, 1.165) is 11.1 Å². The predicted molar refractivity (Wildman–Crippen MR) is 69.5 cm³/mol. The molecule has 1 nitrogen and oxygen atoms in total. The molecule has 1 aliphatic rings. The maximum atomic E-state index is 12.9. The van der Waals surface area contributed by atoms with E-state index in [4.69, 9.17) is 4.74 Å². The fourth-order valence-corrected chi connectivity index (χ4v) is 1.97. The van der Waals surface area contributed by atoms with E-state index in [1.54, 1.807) is 24.3 Å². The smallest absolute Gasteiger partial charge is 0.135 e. The Morgan fingerprint density at radius 3 is 1.95 bits per heavy atom. The van der Waals surface area contributed by atoms with Crippen molar-refractivity contribution in [2.24, 2.45) is 0 Å². The lowest BCUT2D eigenvalue weighted by atomic mass is 9.98. The molecular weight excluding hydrogens is 246 g/mol. The topological polar surface area (TPSA) is 12.5 Å². The maximum Gasteiger partial charge on any atom is 0.135 e. The van der Waals surface area contributed by atoms with Gasteiger partial charge in [0, 0.05) is 0 Å². The van der Waals surface area contributed by atoms with Crippen LogP contribution in [0.2, 0.25) is 0 Å². The molecule has 0 N–H and O–H groups in total. The zero-order chi connectivity index (χ0) is 13.3. The van der Waals surface area contributed by atoms with Crippen LogP contribution in [0.25, 0.3) is 6.08 Å². The lowest BCUT2D eigenvalue weighted by Crippen LogP contribution is -2.04. The van der Waals surface area contributed by atoms with Gasteiger partial charge < -0.3 is 4.74 Å². The third-order valence-corrected chi connectivity index (χ3v) is 3.20. The normalized spacial score (nSPS) is 21.8. The third kappa shape index (κ3) is 2.56. The number of hydrogen-bond donors (Lipinski definition) is 0. The van der Waals surface area contributed by atoms with E-state index in [1.807, 2.05) is 12.2 Å². The van der Waals surface area contributed by atoms with Crippen LogP contribution in [-0.4, -0.2) is 6.61 Å². The van der Waals surface area contributed by atoms with E-state index in [-0.39, 0.29) is 11.6 Å². The first-order chi connectivity index (χ1) is 9.18. The number of epoxide rings is 1. The summed E-state index contributed by atoms with van der Waals surface area (Å²) in [5.74, 6) is -0.518. The third-order valence-electron chi connectivity index (χ3n) is 3.20. The van der Waals surface area contributed by atoms with E-state index in [0.29, 0.717) is 6.61 Å². The fourth-order valence-electron chi connectivity index (χ4n) is 1.97. The molecule has 3 rings (SSSR count). The quantitative estimate of drug-likeness (QED) is 0.760. The van der Waals surface area contributed by atoms with Gasteiger partial charge in [-0.15, -0.1) is 0 Å². The van der Waals surface area contributed by atoms with Crippen molar-refractivity contribution in [3.63, 3.8) is 0 Å². The number of ether oxygens (including phenoxy) is 1. The second-order valence-corrected chi connectivity index (χ2v) is 4.57. The van der Waals surface area contributed by atoms with Gasteiger partial charge in [0.25, 0.3) is 0 Å². The second-order valence-electron chi connectivity index (χ2n) is 4.57. The average Bonchev–Trinajstić information content (AvgIpc) is 3.20. The first kappa shape index (κ1) is 12.1. The summed E-state index contributed by atoms with van der Waals surface area (Å²) < 4.78 is 31.2. The molecule has 1 saturated heterocycles. The molecule has 2 aromatic rings. The largest absolute Gasteiger partial charge is 0.360 e. The van der Waals surface area contributed by atoms with Crippen LogP contribution in [0.3, 0.4) is 0 Å². The van der Waals surface area contributed by atoms with Gasteiger partial charge in [0.2, 0.25) is 0 Å². The van der Waals surface area contributed by atoms with Crippen LogP contribution in [0.4, 0.5) is 8.78 Å². The van der Waals surface area contributed by atoms with Gasteiger partial charge in [0.15, 0.2) is 0 Å².